The average molecular weight is 342 g/mol. The molecule has 1 N–H and O–H groups in total. The van der Waals surface area contributed by atoms with Gasteiger partial charge in [0.1, 0.15) is 5.01 Å². The summed E-state index contributed by atoms with van der Waals surface area (Å²) in [5.41, 5.74) is 0. The van der Waals surface area contributed by atoms with Gasteiger partial charge in [0.15, 0.2) is 0 Å². The Morgan fingerprint density at radius 2 is 1.96 bits per heavy atom. The van der Waals surface area contributed by atoms with Gasteiger partial charge in [-0.15, -0.1) is 11.3 Å². The van der Waals surface area contributed by atoms with Gasteiger partial charge in [0, 0.05) is 13.5 Å². The molecule has 7 heteroatoms. The fraction of sp³-hybridized carbons (Fsp3) is 0.688. The molecule has 1 heterocycles. The first-order valence-corrected chi connectivity index (χ1v) is 8.72. The van der Waals surface area contributed by atoms with Crippen LogP contribution >= 0.6 is 11.3 Å². The normalized spacial score (nSPS) is 12.5. The summed E-state index contributed by atoms with van der Waals surface area (Å²) in [4.78, 5) is 28.8. The Morgan fingerprint density at radius 1 is 1.30 bits per heavy atom. The van der Waals surface area contributed by atoms with Crippen molar-refractivity contribution in [1.82, 2.24) is 9.88 Å². The first-order valence-electron chi connectivity index (χ1n) is 7.84. The molecule has 0 aliphatic carbocycles. The molecule has 1 aromatic heterocycles. The third-order valence-corrected chi connectivity index (χ3v) is 4.32. The molecule has 0 aliphatic rings. The number of thiazole rings is 1. The number of aromatic nitrogens is 1. The SMILES string of the molecule is CC(=O)N(CCC(C)C)C(CC(C)C)c1nc(OC(=O)O)cs1. The first kappa shape index (κ1) is 19.4. The number of carboxylic acid groups (broad SMARTS) is 1. The van der Waals surface area contributed by atoms with Crippen LogP contribution in [0.4, 0.5) is 4.79 Å². The van der Waals surface area contributed by atoms with Crippen LogP contribution in [0.15, 0.2) is 5.38 Å². The minimum atomic E-state index is -1.38. The Labute approximate surface area is 141 Å². The maximum absolute atomic E-state index is 12.1. The molecule has 0 saturated heterocycles. The minimum absolute atomic E-state index is 0.00667. The lowest BCUT2D eigenvalue weighted by Crippen LogP contribution is -2.35. The average Bonchev–Trinajstić information content (AvgIpc) is 2.83. The Bertz CT molecular complexity index is 528. The minimum Gasteiger partial charge on any atom is -0.449 e. The largest absolute Gasteiger partial charge is 0.512 e. The van der Waals surface area contributed by atoms with Gasteiger partial charge in [0.2, 0.25) is 11.8 Å². The van der Waals surface area contributed by atoms with Gasteiger partial charge < -0.3 is 14.7 Å². The van der Waals surface area contributed by atoms with E-state index in [1.807, 2.05) is 4.90 Å². The summed E-state index contributed by atoms with van der Waals surface area (Å²) in [6, 6.07) is -0.151. The van der Waals surface area contributed by atoms with Crippen molar-refractivity contribution in [3.05, 3.63) is 10.4 Å². The van der Waals surface area contributed by atoms with Gasteiger partial charge in [-0.25, -0.2) is 9.78 Å². The van der Waals surface area contributed by atoms with E-state index in [1.54, 1.807) is 12.3 Å². The Hall–Kier alpha value is -1.63. The zero-order chi connectivity index (χ0) is 17.6. The highest BCUT2D eigenvalue weighted by Gasteiger charge is 2.27. The lowest BCUT2D eigenvalue weighted by molar-refractivity contribution is -0.131. The second-order valence-corrected chi connectivity index (χ2v) is 7.32. The van der Waals surface area contributed by atoms with E-state index < -0.39 is 6.16 Å². The van der Waals surface area contributed by atoms with Gasteiger partial charge in [-0.2, -0.15) is 0 Å². The third-order valence-electron chi connectivity index (χ3n) is 3.40. The molecule has 0 bridgehead atoms. The summed E-state index contributed by atoms with van der Waals surface area (Å²) in [5, 5.41) is 11.0. The first-order chi connectivity index (χ1) is 10.7. The van der Waals surface area contributed by atoms with E-state index in [9.17, 15) is 9.59 Å². The molecule has 0 aromatic carbocycles. The van der Waals surface area contributed by atoms with Crippen molar-refractivity contribution in [2.45, 2.75) is 53.5 Å². The molecular weight excluding hydrogens is 316 g/mol. The van der Waals surface area contributed by atoms with Crippen LogP contribution in [0.1, 0.15) is 58.5 Å². The highest BCUT2D eigenvalue weighted by molar-refractivity contribution is 7.09. The van der Waals surface area contributed by atoms with Gasteiger partial charge >= 0.3 is 6.16 Å². The molecule has 0 aliphatic heterocycles. The van der Waals surface area contributed by atoms with E-state index in [4.69, 9.17) is 5.11 Å². The zero-order valence-electron chi connectivity index (χ0n) is 14.4. The van der Waals surface area contributed by atoms with E-state index in [-0.39, 0.29) is 17.8 Å². The summed E-state index contributed by atoms with van der Waals surface area (Å²) in [6.45, 7) is 10.7. The molecule has 6 nitrogen and oxygen atoms in total. The van der Waals surface area contributed by atoms with Gasteiger partial charge in [-0.05, 0) is 24.7 Å². The number of amides is 1. The molecule has 1 atom stereocenters. The maximum Gasteiger partial charge on any atom is 0.512 e. The maximum atomic E-state index is 12.1. The van der Waals surface area contributed by atoms with Crippen LogP contribution in [0.3, 0.4) is 0 Å². The van der Waals surface area contributed by atoms with E-state index in [0.29, 0.717) is 23.4 Å². The molecule has 23 heavy (non-hydrogen) atoms. The van der Waals surface area contributed by atoms with Crippen molar-refractivity contribution in [2.24, 2.45) is 11.8 Å². The van der Waals surface area contributed by atoms with Gasteiger partial charge in [0.25, 0.3) is 0 Å². The highest BCUT2D eigenvalue weighted by Crippen LogP contribution is 2.32. The number of carbonyl (C=O) groups is 2. The smallest absolute Gasteiger partial charge is 0.449 e. The van der Waals surface area contributed by atoms with Gasteiger partial charge in [-0.3, -0.25) is 4.79 Å². The lowest BCUT2D eigenvalue weighted by Gasteiger charge is -2.31. The summed E-state index contributed by atoms with van der Waals surface area (Å²) < 4.78 is 4.60. The molecule has 1 unspecified atom stereocenters. The van der Waals surface area contributed by atoms with Crippen LogP contribution in [0.25, 0.3) is 0 Å². The number of hydrogen-bond donors (Lipinski definition) is 1. The molecule has 1 aromatic rings. The Morgan fingerprint density at radius 3 is 2.43 bits per heavy atom. The number of hydrogen-bond acceptors (Lipinski definition) is 5. The van der Waals surface area contributed by atoms with E-state index in [2.05, 4.69) is 37.4 Å². The number of ether oxygens (including phenoxy) is 1. The Kier molecular flexibility index (Phi) is 7.48. The van der Waals surface area contributed by atoms with E-state index in [1.165, 1.54) is 11.3 Å². The van der Waals surface area contributed by atoms with Crippen molar-refractivity contribution in [1.29, 1.82) is 0 Å². The van der Waals surface area contributed by atoms with Crippen molar-refractivity contribution >= 4 is 23.4 Å². The van der Waals surface area contributed by atoms with Crippen molar-refractivity contribution in [2.75, 3.05) is 6.54 Å². The van der Waals surface area contributed by atoms with Crippen LogP contribution in [-0.4, -0.2) is 33.6 Å². The molecule has 0 fully saturated rings. The summed E-state index contributed by atoms with van der Waals surface area (Å²) in [6.07, 6.45) is 0.306. The van der Waals surface area contributed by atoms with Gasteiger partial charge in [0.05, 0.1) is 11.4 Å². The second-order valence-electron chi connectivity index (χ2n) is 6.43. The van der Waals surface area contributed by atoms with Crippen LogP contribution in [0.2, 0.25) is 0 Å². The lowest BCUT2D eigenvalue weighted by atomic mass is 10.0. The number of rotatable bonds is 8. The van der Waals surface area contributed by atoms with Crippen LogP contribution in [-0.2, 0) is 4.79 Å². The molecule has 1 amide bonds. The monoisotopic (exact) mass is 342 g/mol. The second kappa shape index (κ2) is 8.86. The quantitative estimate of drug-likeness (QED) is 0.717. The molecule has 0 saturated carbocycles. The fourth-order valence-electron chi connectivity index (χ4n) is 2.30. The van der Waals surface area contributed by atoms with Crippen molar-refractivity contribution in [3.63, 3.8) is 0 Å². The standard InChI is InChI=1S/C16H26N2O4S/c1-10(2)6-7-18(12(5)19)13(8-11(3)4)15-17-14(9-23-15)22-16(20)21/h9-11,13H,6-8H2,1-5H3,(H,20,21). The molecule has 0 spiro atoms. The van der Waals surface area contributed by atoms with Crippen LogP contribution in [0, 0.1) is 11.8 Å². The van der Waals surface area contributed by atoms with Crippen molar-refractivity contribution < 1.29 is 19.4 Å². The van der Waals surface area contributed by atoms with E-state index >= 15 is 0 Å². The predicted octanol–water partition coefficient (Wildman–Crippen LogP) is 4.18. The molecule has 130 valence electrons. The predicted molar refractivity (Wildman–Crippen MR) is 89.8 cm³/mol. The highest BCUT2D eigenvalue weighted by atomic mass is 32.1. The Balaban J connectivity index is 3.02. The van der Waals surface area contributed by atoms with Crippen LogP contribution < -0.4 is 4.74 Å². The molecule has 1 rings (SSSR count). The molecular formula is C16H26N2O4S. The zero-order valence-corrected chi connectivity index (χ0v) is 15.2. The summed E-state index contributed by atoms with van der Waals surface area (Å²) in [7, 11) is 0. The third kappa shape index (κ3) is 6.56. The van der Waals surface area contributed by atoms with Crippen LogP contribution in [0.5, 0.6) is 5.88 Å². The van der Waals surface area contributed by atoms with E-state index in [0.717, 1.165) is 12.8 Å². The van der Waals surface area contributed by atoms with Crippen molar-refractivity contribution in [3.8, 4) is 5.88 Å². The number of nitrogens with zero attached hydrogens (tertiary/aromatic N) is 2. The number of carbonyl (C=O) groups excluding carboxylic acids is 1. The topological polar surface area (TPSA) is 79.7 Å². The molecule has 0 radical (unpaired) electrons. The fourth-order valence-corrected chi connectivity index (χ4v) is 3.14. The summed E-state index contributed by atoms with van der Waals surface area (Å²) >= 11 is 1.33. The van der Waals surface area contributed by atoms with Gasteiger partial charge in [-0.1, -0.05) is 27.7 Å². The summed E-state index contributed by atoms with van der Waals surface area (Å²) in [5.74, 6) is 0.957.